The van der Waals surface area contributed by atoms with Crippen LogP contribution >= 0.6 is 23.1 Å². The monoisotopic (exact) mass is 382 g/mol. The number of hydrogen-bond donors (Lipinski definition) is 1. The number of carbonyl (C=O) groups excluding carboxylic acids is 1. The maximum absolute atomic E-state index is 12.2. The highest BCUT2D eigenvalue weighted by atomic mass is 32.2. The first-order valence-electron chi connectivity index (χ1n) is 8.26. The van der Waals surface area contributed by atoms with Crippen LogP contribution in [0.4, 0.5) is 5.13 Å². The maximum Gasteiger partial charge on any atom is 0.226 e. The maximum atomic E-state index is 12.2. The van der Waals surface area contributed by atoms with Gasteiger partial charge in [-0.15, -0.1) is 11.8 Å². The van der Waals surface area contributed by atoms with E-state index in [1.54, 1.807) is 6.07 Å². The van der Waals surface area contributed by atoms with Crippen molar-refractivity contribution in [1.82, 2.24) is 9.97 Å². The molecule has 0 fully saturated rings. The minimum Gasteiger partial charge on any atom is -0.302 e. The second-order valence-electron chi connectivity index (χ2n) is 5.99. The van der Waals surface area contributed by atoms with Crippen LogP contribution in [-0.2, 0) is 4.79 Å². The Bertz CT molecular complexity index is 942. The molecule has 2 aromatic heterocycles. The average Bonchev–Trinajstić information content (AvgIpc) is 3.03. The van der Waals surface area contributed by atoms with Gasteiger partial charge < -0.3 is 5.32 Å². The quantitative estimate of drug-likeness (QED) is 0.619. The fourth-order valence-corrected chi connectivity index (χ4v) is 4.12. The van der Waals surface area contributed by atoms with Gasteiger partial charge in [0.25, 0.3) is 0 Å². The number of amides is 1. The number of nitrogens with zero attached hydrogens (tertiary/aromatic N) is 3. The van der Waals surface area contributed by atoms with Gasteiger partial charge in [0.05, 0.1) is 15.8 Å². The Balaban J connectivity index is 1.58. The van der Waals surface area contributed by atoms with Crippen LogP contribution in [0.2, 0.25) is 0 Å². The zero-order valence-corrected chi connectivity index (χ0v) is 16.2. The Kier molecular flexibility index (Phi) is 5.86. The van der Waals surface area contributed by atoms with Gasteiger partial charge in [0, 0.05) is 17.9 Å². The molecule has 1 N–H and O–H groups in total. The van der Waals surface area contributed by atoms with Crippen LogP contribution in [0.1, 0.15) is 37.4 Å². The number of para-hydroxylation sites is 1. The van der Waals surface area contributed by atoms with Crippen LogP contribution in [0, 0.1) is 11.3 Å². The number of thioether (sulfide) groups is 1. The van der Waals surface area contributed by atoms with Crippen molar-refractivity contribution in [3.8, 4) is 6.07 Å². The summed E-state index contributed by atoms with van der Waals surface area (Å²) in [7, 11) is 0. The molecule has 0 unspecified atom stereocenters. The average molecular weight is 383 g/mol. The predicted molar refractivity (Wildman–Crippen MR) is 107 cm³/mol. The summed E-state index contributed by atoms with van der Waals surface area (Å²) in [5.74, 6) is 0.763. The molecule has 1 amide bonds. The van der Waals surface area contributed by atoms with Crippen molar-refractivity contribution in [3.05, 3.63) is 47.7 Å². The molecule has 0 atom stereocenters. The lowest BCUT2D eigenvalue weighted by Crippen LogP contribution is -2.12. The molecule has 7 heteroatoms. The Labute approximate surface area is 160 Å². The highest BCUT2D eigenvalue weighted by Crippen LogP contribution is 2.26. The molecule has 1 aromatic carbocycles. The second-order valence-corrected chi connectivity index (χ2v) is 8.10. The molecule has 0 radical (unpaired) electrons. The number of carbonyl (C=O) groups is 1. The topological polar surface area (TPSA) is 78.7 Å². The molecule has 5 nitrogen and oxygen atoms in total. The molecule has 132 valence electrons. The Morgan fingerprint density at radius 1 is 1.27 bits per heavy atom. The van der Waals surface area contributed by atoms with E-state index in [2.05, 4.69) is 35.2 Å². The molecule has 2 heterocycles. The molecule has 0 aliphatic rings. The standard InChI is InChI=1S/C19H18N4OS2/c1-12(2)14-8-7-13(11-20)18(21-14)25-10-9-17(24)23-19-22-15-5-3-4-6-16(15)26-19/h3-8,12H,9-10H2,1-2H3,(H,22,23,24). The van der Waals surface area contributed by atoms with E-state index in [1.807, 2.05) is 30.3 Å². The van der Waals surface area contributed by atoms with Gasteiger partial charge in [0.2, 0.25) is 5.91 Å². The van der Waals surface area contributed by atoms with E-state index >= 15 is 0 Å². The van der Waals surface area contributed by atoms with E-state index in [1.165, 1.54) is 23.1 Å². The molecule has 3 rings (SSSR count). The molecule has 0 aliphatic heterocycles. The first-order chi connectivity index (χ1) is 12.6. The van der Waals surface area contributed by atoms with Gasteiger partial charge in [-0.3, -0.25) is 4.79 Å². The molecule has 0 bridgehead atoms. The van der Waals surface area contributed by atoms with Crippen molar-refractivity contribution in [2.75, 3.05) is 11.1 Å². The first kappa shape index (κ1) is 18.4. The Morgan fingerprint density at radius 3 is 2.81 bits per heavy atom. The number of nitrogens with one attached hydrogen (secondary N) is 1. The summed E-state index contributed by atoms with van der Waals surface area (Å²) in [5, 5.41) is 13.4. The highest BCUT2D eigenvalue weighted by molar-refractivity contribution is 7.99. The van der Waals surface area contributed by atoms with Gasteiger partial charge in [-0.2, -0.15) is 5.26 Å². The second kappa shape index (κ2) is 8.30. The van der Waals surface area contributed by atoms with Crippen LogP contribution in [0.15, 0.2) is 41.4 Å². The number of pyridine rings is 1. The molecular formula is C19H18N4OS2. The van der Waals surface area contributed by atoms with Gasteiger partial charge >= 0.3 is 0 Å². The third kappa shape index (κ3) is 4.40. The Hall–Kier alpha value is -2.43. The van der Waals surface area contributed by atoms with E-state index in [0.717, 1.165) is 15.9 Å². The third-order valence-corrected chi connectivity index (χ3v) is 5.65. The van der Waals surface area contributed by atoms with Crippen molar-refractivity contribution in [1.29, 1.82) is 5.26 Å². The molecule has 0 saturated heterocycles. The van der Waals surface area contributed by atoms with Crippen LogP contribution in [-0.4, -0.2) is 21.6 Å². The summed E-state index contributed by atoms with van der Waals surface area (Å²) in [4.78, 5) is 21.1. The summed E-state index contributed by atoms with van der Waals surface area (Å²) in [6.07, 6.45) is 0.332. The van der Waals surface area contributed by atoms with Gasteiger partial charge in [-0.1, -0.05) is 37.3 Å². The smallest absolute Gasteiger partial charge is 0.226 e. The van der Waals surface area contributed by atoms with Crippen molar-refractivity contribution < 1.29 is 4.79 Å². The Morgan fingerprint density at radius 2 is 2.08 bits per heavy atom. The molecule has 26 heavy (non-hydrogen) atoms. The summed E-state index contributed by atoms with van der Waals surface area (Å²) in [5.41, 5.74) is 2.38. The lowest BCUT2D eigenvalue weighted by Gasteiger charge is -2.08. The van der Waals surface area contributed by atoms with E-state index in [-0.39, 0.29) is 5.91 Å². The molecule has 0 aliphatic carbocycles. The summed E-state index contributed by atoms with van der Waals surface area (Å²) in [6.45, 7) is 4.13. The predicted octanol–water partition coefficient (Wildman–Crippen LogP) is 4.81. The zero-order chi connectivity index (χ0) is 18.5. The SMILES string of the molecule is CC(C)c1ccc(C#N)c(SCCC(=O)Nc2nc3ccccc3s2)n1. The molecule has 0 saturated carbocycles. The number of hydrogen-bond acceptors (Lipinski definition) is 6. The number of aromatic nitrogens is 2. The fourth-order valence-electron chi connectivity index (χ4n) is 2.32. The lowest BCUT2D eigenvalue weighted by molar-refractivity contribution is -0.115. The third-order valence-electron chi connectivity index (χ3n) is 3.70. The lowest BCUT2D eigenvalue weighted by atomic mass is 10.1. The number of anilines is 1. The molecule has 3 aromatic rings. The van der Waals surface area contributed by atoms with E-state index in [0.29, 0.717) is 33.8 Å². The molecular weight excluding hydrogens is 364 g/mol. The van der Waals surface area contributed by atoms with Crippen LogP contribution in [0.3, 0.4) is 0 Å². The number of fused-ring (bicyclic) bond motifs is 1. The number of thiazole rings is 1. The van der Waals surface area contributed by atoms with Crippen molar-refractivity contribution >= 4 is 44.4 Å². The van der Waals surface area contributed by atoms with Crippen molar-refractivity contribution in [2.24, 2.45) is 0 Å². The van der Waals surface area contributed by atoms with Crippen LogP contribution in [0.25, 0.3) is 10.2 Å². The minimum atomic E-state index is -0.0879. The summed E-state index contributed by atoms with van der Waals surface area (Å²) in [6, 6.07) is 13.6. The van der Waals surface area contributed by atoms with Crippen molar-refractivity contribution in [3.63, 3.8) is 0 Å². The normalized spacial score (nSPS) is 10.8. The molecule has 0 spiro atoms. The minimum absolute atomic E-state index is 0.0879. The van der Waals surface area contributed by atoms with Gasteiger partial charge in [0.15, 0.2) is 5.13 Å². The zero-order valence-electron chi connectivity index (χ0n) is 14.5. The van der Waals surface area contributed by atoms with E-state index in [4.69, 9.17) is 0 Å². The van der Waals surface area contributed by atoms with Crippen LogP contribution < -0.4 is 5.32 Å². The van der Waals surface area contributed by atoms with E-state index in [9.17, 15) is 10.1 Å². The van der Waals surface area contributed by atoms with Gasteiger partial charge in [-0.05, 0) is 30.2 Å². The number of rotatable bonds is 6. The highest BCUT2D eigenvalue weighted by Gasteiger charge is 2.11. The first-order valence-corrected chi connectivity index (χ1v) is 10.1. The largest absolute Gasteiger partial charge is 0.302 e. The van der Waals surface area contributed by atoms with Crippen molar-refractivity contribution in [2.45, 2.75) is 31.2 Å². The summed E-state index contributed by atoms with van der Waals surface area (Å²) >= 11 is 2.90. The van der Waals surface area contributed by atoms with Gasteiger partial charge in [-0.25, -0.2) is 9.97 Å². The summed E-state index contributed by atoms with van der Waals surface area (Å²) < 4.78 is 1.05. The van der Waals surface area contributed by atoms with Crippen LogP contribution in [0.5, 0.6) is 0 Å². The van der Waals surface area contributed by atoms with Gasteiger partial charge in [0.1, 0.15) is 11.1 Å². The number of benzene rings is 1. The number of nitriles is 1. The fraction of sp³-hybridized carbons (Fsp3) is 0.263. The van der Waals surface area contributed by atoms with E-state index < -0.39 is 0 Å².